The summed E-state index contributed by atoms with van der Waals surface area (Å²) >= 11 is 0. The summed E-state index contributed by atoms with van der Waals surface area (Å²) in [6.45, 7) is 1.17. The fraction of sp³-hybridized carbons (Fsp3) is 0.450. The van der Waals surface area contributed by atoms with Crippen LogP contribution in [0.5, 0.6) is 0 Å². The molecule has 2 heterocycles. The Balaban J connectivity index is 2.08. The third kappa shape index (κ3) is 8.48. The minimum atomic E-state index is -1.66. The molecule has 10 N–H and O–H groups in total. The molecule has 0 aromatic carbocycles. The predicted octanol–water partition coefficient (Wildman–Crippen LogP) is -3.36. The third-order valence-electron chi connectivity index (χ3n) is 5.00. The van der Waals surface area contributed by atoms with Crippen molar-refractivity contribution in [2.75, 3.05) is 0 Å². The number of aliphatic carboxylic acids is 2. The average molecular weight is 508 g/mol. The van der Waals surface area contributed by atoms with Crippen LogP contribution in [-0.2, 0) is 36.8 Å². The summed E-state index contributed by atoms with van der Waals surface area (Å²) < 4.78 is 0. The van der Waals surface area contributed by atoms with Crippen LogP contribution in [0.3, 0.4) is 0 Å². The molecule has 0 bridgehead atoms. The van der Waals surface area contributed by atoms with Crippen LogP contribution in [0.4, 0.5) is 0 Å². The number of carboxylic acid groups (broad SMARTS) is 2. The summed E-state index contributed by atoms with van der Waals surface area (Å²) in [6, 6.07) is -5.87. The van der Waals surface area contributed by atoms with Crippen LogP contribution in [0.1, 0.15) is 24.7 Å². The molecule has 0 saturated heterocycles. The number of rotatable bonds is 14. The van der Waals surface area contributed by atoms with Crippen LogP contribution in [0.25, 0.3) is 0 Å². The number of imidazole rings is 2. The largest absolute Gasteiger partial charge is 0.481 e. The van der Waals surface area contributed by atoms with Crippen LogP contribution < -0.4 is 21.7 Å². The highest BCUT2D eigenvalue weighted by Gasteiger charge is 2.33. The second kappa shape index (κ2) is 13.0. The van der Waals surface area contributed by atoms with E-state index >= 15 is 0 Å². The van der Waals surface area contributed by atoms with Gasteiger partial charge in [0.25, 0.3) is 0 Å². The summed E-state index contributed by atoms with van der Waals surface area (Å²) in [5, 5.41) is 35.2. The number of aromatic nitrogens is 4. The maximum atomic E-state index is 12.8. The number of nitrogens with zero attached hydrogens (tertiary/aromatic N) is 2. The van der Waals surface area contributed by atoms with E-state index in [2.05, 4.69) is 35.9 Å². The van der Waals surface area contributed by atoms with Gasteiger partial charge in [-0.25, -0.2) is 14.8 Å². The molecule has 0 aliphatic rings. The van der Waals surface area contributed by atoms with Crippen molar-refractivity contribution in [3.05, 3.63) is 36.4 Å². The number of carboxylic acids is 2. The van der Waals surface area contributed by atoms with E-state index in [4.69, 9.17) is 10.8 Å². The van der Waals surface area contributed by atoms with Crippen molar-refractivity contribution in [2.24, 2.45) is 5.73 Å². The number of carbonyl (C=O) groups is 5. The summed E-state index contributed by atoms with van der Waals surface area (Å²) in [4.78, 5) is 73.8. The zero-order valence-electron chi connectivity index (χ0n) is 19.2. The normalized spacial score (nSPS) is 15.1. The minimum Gasteiger partial charge on any atom is -0.481 e. The lowest BCUT2D eigenvalue weighted by Crippen LogP contribution is -2.60. The maximum Gasteiger partial charge on any atom is 0.326 e. The second-order valence-electron chi connectivity index (χ2n) is 7.95. The highest BCUT2D eigenvalue weighted by molar-refractivity contribution is 5.95. The molecule has 5 atom stereocenters. The Labute approximate surface area is 204 Å². The molecule has 2 aromatic rings. The van der Waals surface area contributed by atoms with Crippen molar-refractivity contribution < 1.29 is 39.3 Å². The fourth-order valence-corrected chi connectivity index (χ4v) is 3.13. The maximum absolute atomic E-state index is 12.8. The first-order valence-electron chi connectivity index (χ1n) is 10.7. The Hall–Kier alpha value is -4.31. The van der Waals surface area contributed by atoms with Crippen molar-refractivity contribution in [3.63, 3.8) is 0 Å². The lowest BCUT2D eigenvalue weighted by molar-refractivity contribution is -0.144. The number of aliphatic hydroxyl groups is 1. The van der Waals surface area contributed by atoms with E-state index in [1.165, 1.54) is 32.0 Å². The van der Waals surface area contributed by atoms with E-state index in [0.717, 1.165) is 0 Å². The van der Waals surface area contributed by atoms with Gasteiger partial charge < -0.3 is 47.0 Å². The quantitative estimate of drug-likeness (QED) is 0.122. The number of hydrogen-bond acceptors (Lipinski definition) is 9. The molecule has 0 fully saturated rings. The molecular weight excluding hydrogens is 480 g/mol. The van der Waals surface area contributed by atoms with Gasteiger partial charge in [0.15, 0.2) is 0 Å². The Kier molecular flexibility index (Phi) is 10.1. The Morgan fingerprint density at radius 2 is 1.44 bits per heavy atom. The van der Waals surface area contributed by atoms with E-state index in [1.54, 1.807) is 0 Å². The molecule has 16 nitrogen and oxygen atoms in total. The highest BCUT2D eigenvalue weighted by atomic mass is 16.4. The van der Waals surface area contributed by atoms with Gasteiger partial charge in [0.05, 0.1) is 31.2 Å². The highest BCUT2D eigenvalue weighted by Crippen LogP contribution is 2.04. The van der Waals surface area contributed by atoms with E-state index in [0.29, 0.717) is 11.4 Å². The molecule has 0 radical (unpaired) electrons. The van der Waals surface area contributed by atoms with Crippen LogP contribution in [-0.4, -0.2) is 95.2 Å². The van der Waals surface area contributed by atoms with Crippen molar-refractivity contribution >= 4 is 29.7 Å². The molecular formula is C20H28N8O8. The topological polar surface area (TPSA) is 266 Å². The van der Waals surface area contributed by atoms with Crippen LogP contribution in [0, 0.1) is 0 Å². The fourth-order valence-electron chi connectivity index (χ4n) is 3.13. The van der Waals surface area contributed by atoms with Crippen molar-refractivity contribution in [1.82, 2.24) is 35.9 Å². The number of aliphatic hydroxyl groups excluding tert-OH is 1. The van der Waals surface area contributed by atoms with Crippen molar-refractivity contribution in [1.29, 1.82) is 0 Å². The monoisotopic (exact) mass is 508 g/mol. The average Bonchev–Trinajstić information content (AvgIpc) is 3.49. The molecule has 196 valence electrons. The Morgan fingerprint density at radius 3 is 1.92 bits per heavy atom. The van der Waals surface area contributed by atoms with Gasteiger partial charge in [0.1, 0.15) is 18.1 Å². The molecule has 0 spiro atoms. The van der Waals surface area contributed by atoms with Crippen LogP contribution in [0.2, 0.25) is 0 Å². The molecule has 2 aromatic heterocycles. The molecule has 0 saturated carbocycles. The molecule has 0 aliphatic carbocycles. The molecule has 2 rings (SSSR count). The number of H-pyrrole nitrogens is 2. The summed E-state index contributed by atoms with van der Waals surface area (Å²) in [6.07, 6.45) is 3.04. The second-order valence-corrected chi connectivity index (χ2v) is 7.95. The Morgan fingerprint density at radius 1 is 0.889 bits per heavy atom. The van der Waals surface area contributed by atoms with Gasteiger partial charge >= 0.3 is 11.9 Å². The van der Waals surface area contributed by atoms with Gasteiger partial charge in [0, 0.05) is 36.6 Å². The summed E-state index contributed by atoms with van der Waals surface area (Å²) in [7, 11) is 0. The molecule has 5 unspecified atom stereocenters. The SMILES string of the molecule is CC(O)C(NC(=O)C(CC(=O)O)NC(=O)C(N)Cc1cnc[nH]1)C(=O)NC(Cc1cnc[nH]1)C(=O)O. The number of hydrogen-bond donors (Lipinski definition) is 9. The lowest BCUT2D eigenvalue weighted by atomic mass is 10.1. The van der Waals surface area contributed by atoms with Gasteiger partial charge in [0.2, 0.25) is 17.7 Å². The van der Waals surface area contributed by atoms with Crippen LogP contribution in [0.15, 0.2) is 25.0 Å². The number of nitrogens with one attached hydrogen (secondary N) is 5. The van der Waals surface area contributed by atoms with E-state index < -0.39 is 66.4 Å². The smallest absolute Gasteiger partial charge is 0.326 e. The predicted molar refractivity (Wildman–Crippen MR) is 120 cm³/mol. The van der Waals surface area contributed by atoms with Gasteiger partial charge in [-0.1, -0.05) is 0 Å². The van der Waals surface area contributed by atoms with Crippen molar-refractivity contribution in [3.8, 4) is 0 Å². The number of aromatic amines is 2. The Bertz CT molecular complexity index is 1040. The van der Waals surface area contributed by atoms with Crippen molar-refractivity contribution in [2.45, 2.75) is 56.5 Å². The van der Waals surface area contributed by atoms with Gasteiger partial charge in [-0.2, -0.15) is 0 Å². The number of amides is 3. The van der Waals surface area contributed by atoms with Gasteiger partial charge in [-0.15, -0.1) is 0 Å². The van der Waals surface area contributed by atoms with E-state index in [1.807, 2.05) is 0 Å². The number of carbonyl (C=O) groups excluding carboxylic acids is 3. The summed E-state index contributed by atoms with van der Waals surface area (Å²) in [5.41, 5.74) is 6.76. The number of nitrogens with two attached hydrogens (primary N) is 1. The molecule has 16 heteroatoms. The first kappa shape index (κ1) is 27.9. The molecule has 0 aliphatic heterocycles. The zero-order valence-corrected chi connectivity index (χ0v) is 19.2. The van der Waals surface area contributed by atoms with E-state index in [-0.39, 0.29) is 12.8 Å². The standard InChI is InChI=1S/C20H28N8O8/c1-9(29)16(19(34)27-14(20(35)36)3-11-6-23-8-25-11)28-18(33)13(4-15(30)31)26-17(32)12(21)2-10-5-22-7-24-10/h5-9,12-14,16,29H,2-4,21H2,1H3,(H,22,24)(H,23,25)(H,26,32)(H,27,34)(H,28,33)(H,30,31)(H,35,36). The van der Waals surface area contributed by atoms with Gasteiger partial charge in [-0.05, 0) is 6.92 Å². The molecule has 3 amide bonds. The zero-order chi connectivity index (χ0) is 26.8. The van der Waals surface area contributed by atoms with E-state index in [9.17, 15) is 34.2 Å². The first-order chi connectivity index (χ1) is 17.0. The van der Waals surface area contributed by atoms with Crippen LogP contribution >= 0.6 is 0 Å². The first-order valence-corrected chi connectivity index (χ1v) is 10.7. The summed E-state index contributed by atoms with van der Waals surface area (Å²) in [5.74, 6) is -5.78. The van der Waals surface area contributed by atoms with Gasteiger partial charge in [-0.3, -0.25) is 19.2 Å². The third-order valence-corrected chi connectivity index (χ3v) is 5.00. The lowest BCUT2D eigenvalue weighted by Gasteiger charge is -2.26. The molecule has 36 heavy (non-hydrogen) atoms. The minimum absolute atomic E-state index is 0.0266.